The first kappa shape index (κ1) is 14.1. The van der Waals surface area contributed by atoms with E-state index in [0.29, 0.717) is 13.1 Å². The molecule has 0 atom stereocenters. The predicted molar refractivity (Wildman–Crippen MR) is 72.5 cm³/mol. The summed E-state index contributed by atoms with van der Waals surface area (Å²) in [6.07, 6.45) is 0. The van der Waals surface area contributed by atoms with E-state index in [9.17, 15) is 14.0 Å². The van der Waals surface area contributed by atoms with Crippen molar-refractivity contribution in [3.8, 4) is 0 Å². The Hall–Kier alpha value is -2.31. The SMILES string of the molecule is CN1CCN(CC(=O)NCC(=O)O)c2ccc(F)cc21. The van der Waals surface area contributed by atoms with Gasteiger partial charge in [0.25, 0.3) is 0 Å². The number of rotatable bonds is 4. The summed E-state index contributed by atoms with van der Waals surface area (Å²) < 4.78 is 13.3. The van der Waals surface area contributed by atoms with Gasteiger partial charge in [-0.05, 0) is 18.2 Å². The monoisotopic (exact) mass is 281 g/mol. The number of halogens is 1. The van der Waals surface area contributed by atoms with Crippen molar-refractivity contribution < 1.29 is 19.1 Å². The molecule has 1 amide bonds. The van der Waals surface area contributed by atoms with Crippen LogP contribution in [0.5, 0.6) is 0 Å². The molecule has 0 spiro atoms. The molecule has 2 rings (SSSR count). The van der Waals surface area contributed by atoms with Crippen LogP contribution in [0.25, 0.3) is 0 Å². The minimum absolute atomic E-state index is 0.0553. The van der Waals surface area contributed by atoms with E-state index in [1.807, 2.05) is 16.8 Å². The Morgan fingerprint density at radius 1 is 1.35 bits per heavy atom. The molecule has 0 bridgehead atoms. The lowest BCUT2D eigenvalue weighted by Crippen LogP contribution is -2.45. The fourth-order valence-corrected chi connectivity index (χ4v) is 2.15. The Bertz CT molecular complexity index is 536. The molecule has 0 aliphatic carbocycles. The number of carboxylic acid groups (broad SMARTS) is 1. The minimum atomic E-state index is -1.08. The van der Waals surface area contributed by atoms with Crippen molar-refractivity contribution in [3.05, 3.63) is 24.0 Å². The maximum absolute atomic E-state index is 13.3. The summed E-state index contributed by atoms with van der Waals surface area (Å²) in [5, 5.41) is 10.8. The van der Waals surface area contributed by atoms with Crippen molar-refractivity contribution in [1.82, 2.24) is 5.32 Å². The Kier molecular flexibility index (Phi) is 4.07. The molecule has 7 heteroatoms. The fourth-order valence-electron chi connectivity index (χ4n) is 2.15. The van der Waals surface area contributed by atoms with Crippen molar-refractivity contribution in [2.45, 2.75) is 0 Å². The number of carbonyl (C=O) groups is 2. The molecule has 108 valence electrons. The third-order valence-electron chi connectivity index (χ3n) is 3.17. The van der Waals surface area contributed by atoms with Gasteiger partial charge in [0, 0.05) is 20.1 Å². The molecule has 0 saturated heterocycles. The summed E-state index contributed by atoms with van der Waals surface area (Å²) in [6.45, 7) is 0.945. The van der Waals surface area contributed by atoms with E-state index >= 15 is 0 Å². The molecule has 0 radical (unpaired) electrons. The number of carbonyl (C=O) groups excluding carboxylic acids is 1. The number of anilines is 2. The van der Waals surface area contributed by atoms with E-state index in [1.54, 1.807) is 6.07 Å². The molecule has 20 heavy (non-hydrogen) atoms. The molecule has 1 aliphatic rings. The number of benzene rings is 1. The molecule has 1 heterocycles. The van der Waals surface area contributed by atoms with Crippen molar-refractivity contribution in [1.29, 1.82) is 0 Å². The van der Waals surface area contributed by atoms with Crippen LogP contribution in [0.15, 0.2) is 18.2 Å². The number of carboxylic acids is 1. The molecule has 2 N–H and O–H groups in total. The summed E-state index contributed by atoms with van der Waals surface area (Å²) in [5.74, 6) is -1.78. The first-order chi connectivity index (χ1) is 9.47. The normalized spacial score (nSPS) is 13.9. The molecular formula is C13H16FN3O3. The van der Waals surface area contributed by atoms with Gasteiger partial charge in [-0.3, -0.25) is 9.59 Å². The van der Waals surface area contributed by atoms with Crippen LogP contribution in [-0.2, 0) is 9.59 Å². The summed E-state index contributed by atoms with van der Waals surface area (Å²) in [7, 11) is 1.86. The van der Waals surface area contributed by atoms with Crippen LogP contribution in [0.1, 0.15) is 0 Å². The molecule has 0 aromatic heterocycles. The number of hydrogen-bond acceptors (Lipinski definition) is 4. The summed E-state index contributed by atoms with van der Waals surface area (Å²) in [5.41, 5.74) is 1.49. The lowest BCUT2D eigenvalue weighted by atomic mass is 10.1. The van der Waals surface area contributed by atoms with Crippen molar-refractivity contribution in [2.75, 3.05) is 43.0 Å². The van der Waals surface area contributed by atoms with Gasteiger partial charge >= 0.3 is 5.97 Å². The van der Waals surface area contributed by atoms with Gasteiger partial charge < -0.3 is 20.2 Å². The Morgan fingerprint density at radius 3 is 2.80 bits per heavy atom. The van der Waals surface area contributed by atoms with Crippen LogP contribution in [0, 0.1) is 5.82 Å². The second-order valence-electron chi connectivity index (χ2n) is 4.65. The molecular weight excluding hydrogens is 265 g/mol. The van der Waals surface area contributed by atoms with Crippen molar-refractivity contribution in [3.63, 3.8) is 0 Å². The standard InChI is InChI=1S/C13H16FN3O3/c1-16-4-5-17(8-12(18)15-7-13(19)20)10-3-2-9(14)6-11(10)16/h2-3,6H,4-5,7-8H2,1H3,(H,15,18)(H,19,20). The Labute approximate surface area is 115 Å². The number of fused-ring (bicyclic) bond motifs is 1. The highest BCUT2D eigenvalue weighted by Crippen LogP contribution is 2.32. The molecule has 0 unspecified atom stereocenters. The Balaban J connectivity index is 2.09. The van der Waals surface area contributed by atoms with Gasteiger partial charge in [0.1, 0.15) is 12.4 Å². The number of likely N-dealkylation sites (N-methyl/N-ethyl adjacent to an activating group) is 1. The summed E-state index contributed by atoms with van der Waals surface area (Å²) >= 11 is 0. The van der Waals surface area contributed by atoms with Gasteiger partial charge in [-0.1, -0.05) is 0 Å². The average molecular weight is 281 g/mol. The van der Waals surface area contributed by atoms with Gasteiger partial charge in [0.05, 0.1) is 17.9 Å². The second kappa shape index (κ2) is 5.77. The zero-order chi connectivity index (χ0) is 14.7. The molecule has 1 aliphatic heterocycles. The smallest absolute Gasteiger partial charge is 0.322 e. The summed E-state index contributed by atoms with van der Waals surface area (Å²) in [4.78, 5) is 25.8. The number of aliphatic carboxylic acids is 1. The highest BCUT2D eigenvalue weighted by Gasteiger charge is 2.22. The quantitative estimate of drug-likeness (QED) is 0.829. The van der Waals surface area contributed by atoms with E-state index in [-0.39, 0.29) is 18.3 Å². The van der Waals surface area contributed by atoms with Crippen LogP contribution in [0.2, 0.25) is 0 Å². The summed E-state index contributed by atoms with van der Waals surface area (Å²) in [6, 6.07) is 4.40. The minimum Gasteiger partial charge on any atom is -0.480 e. The fraction of sp³-hybridized carbons (Fsp3) is 0.385. The maximum Gasteiger partial charge on any atom is 0.322 e. The number of nitrogens with one attached hydrogen (secondary N) is 1. The van der Waals surface area contributed by atoms with Gasteiger partial charge in [-0.25, -0.2) is 4.39 Å². The van der Waals surface area contributed by atoms with E-state index in [1.165, 1.54) is 12.1 Å². The number of amides is 1. The molecule has 0 fully saturated rings. The lowest BCUT2D eigenvalue weighted by molar-refractivity contribution is -0.137. The van der Waals surface area contributed by atoms with Gasteiger partial charge in [0.2, 0.25) is 5.91 Å². The van der Waals surface area contributed by atoms with E-state index in [2.05, 4.69) is 5.32 Å². The average Bonchev–Trinajstić information content (AvgIpc) is 2.40. The van der Waals surface area contributed by atoms with Crippen LogP contribution in [0.3, 0.4) is 0 Å². The first-order valence-electron chi connectivity index (χ1n) is 6.21. The topological polar surface area (TPSA) is 72.9 Å². The van der Waals surface area contributed by atoms with E-state index in [0.717, 1.165) is 11.4 Å². The number of hydrogen-bond donors (Lipinski definition) is 2. The van der Waals surface area contributed by atoms with Crippen LogP contribution in [0.4, 0.5) is 15.8 Å². The maximum atomic E-state index is 13.3. The lowest BCUT2D eigenvalue weighted by Gasteiger charge is -2.36. The van der Waals surface area contributed by atoms with E-state index < -0.39 is 12.5 Å². The van der Waals surface area contributed by atoms with Gasteiger partial charge in [0.15, 0.2) is 0 Å². The third kappa shape index (κ3) is 3.17. The van der Waals surface area contributed by atoms with Crippen LogP contribution < -0.4 is 15.1 Å². The van der Waals surface area contributed by atoms with Crippen molar-refractivity contribution in [2.24, 2.45) is 0 Å². The van der Waals surface area contributed by atoms with Gasteiger partial charge in [-0.15, -0.1) is 0 Å². The third-order valence-corrected chi connectivity index (χ3v) is 3.17. The van der Waals surface area contributed by atoms with Gasteiger partial charge in [-0.2, -0.15) is 0 Å². The zero-order valence-corrected chi connectivity index (χ0v) is 11.1. The largest absolute Gasteiger partial charge is 0.480 e. The van der Waals surface area contributed by atoms with E-state index in [4.69, 9.17) is 5.11 Å². The first-order valence-corrected chi connectivity index (χ1v) is 6.21. The molecule has 1 aromatic carbocycles. The van der Waals surface area contributed by atoms with Crippen LogP contribution >= 0.6 is 0 Å². The van der Waals surface area contributed by atoms with Crippen molar-refractivity contribution >= 4 is 23.3 Å². The Morgan fingerprint density at radius 2 is 2.10 bits per heavy atom. The highest BCUT2D eigenvalue weighted by atomic mass is 19.1. The molecule has 0 saturated carbocycles. The zero-order valence-electron chi connectivity index (χ0n) is 11.1. The molecule has 1 aromatic rings. The molecule has 6 nitrogen and oxygen atoms in total. The highest BCUT2D eigenvalue weighted by molar-refractivity contribution is 5.86. The predicted octanol–water partition coefficient (Wildman–Crippen LogP) is 0.283. The second-order valence-corrected chi connectivity index (χ2v) is 4.65. The number of nitrogens with zero attached hydrogens (tertiary/aromatic N) is 2. The van der Waals surface area contributed by atoms with Crippen LogP contribution in [-0.4, -0.2) is 50.2 Å².